The number of aromatic nitrogens is 2. The number of aliphatic hydroxyl groups is 1. The minimum atomic E-state index is -0.238. The van der Waals surface area contributed by atoms with Gasteiger partial charge in [-0.05, 0) is 24.8 Å². The predicted octanol–water partition coefficient (Wildman–Crippen LogP) is 1.94. The maximum Gasteiger partial charge on any atom is 0.116 e. The summed E-state index contributed by atoms with van der Waals surface area (Å²) < 4.78 is 0. The third-order valence-corrected chi connectivity index (χ3v) is 3.19. The molecule has 1 atom stereocenters. The van der Waals surface area contributed by atoms with Crippen LogP contribution in [0.2, 0.25) is 0 Å². The van der Waals surface area contributed by atoms with Crippen LogP contribution in [0, 0.1) is 5.92 Å². The molecule has 0 amide bonds. The molecule has 82 valence electrons. The molecular weight excluding hydrogens is 200 g/mol. The topological polar surface area (TPSA) is 46.0 Å². The van der Waals surface area contributed by atoms with Crippen molar-refractivity contribution in [3.8, 4) is 0 Å². The van der Waals surface area contributed by atoms with Crippen LogP contribution in [0.5, 0.6) is 0 Å². The number of para-hydroxylation sites is 1. The summed E-state index contributed by atoms with van der Waals surface area (Å²) in [5.41, 5.74) is 1.92. The lowest BCUT2D eigenvalue weighted by atomic mass is 10.1. The third-order valence-electron chi connectivity index (χ3n) is 3.19. The summed E-state index contributed by atoms with van der Waals surface area (Å²) in [4.78, 5) is 8.50. The summed E-state index contributed by atoms with van der Waals surface area (Å²) in [7, 11) is 0. The molecule has 0 bridgehead atoms. The molecule has 3 rings (SSSR count). The molecule has 1 aliphatic rings. The Balaban J connectivity index is 1.95. The van der Waals surface area contributed by atoms with E-state index < -0.39 is 0 Å². The Kier molecular flexibility index (Phi) is 2.33. The molecule has 0 spiro atoms. The Morgan fingerprint density at radius 2 is 2.06 bits per heavy atom. The van der Waals surface area contributed by atoms with Crippen LogP contribution in [0.1, 0.15) is 18.5 Å². The molecule has 3 nitrogen and oxygen atoms in total. The lowest BCUT2D eigenvalue weighted by molar-refractivity contribution is 0.151. The van der Waals surface area contributed by atoms with Gasteiger partial charge in [0.05, 0.1) is 17.3 Å². The van der Waals surface area contributed by atoms with Crippen LogP contribution < -0.4 is 0 Å². The third kappa shape index (κ3) is 1.78. The number of hydrogen-bond acceptors (Lipinski definition) is 3. The summed E-state index contributed by atoms with van der Waals surface area (Å²) >= 11 is 0. The van der Waals surface area contributed by atoms with E-state index in [1.165, 1.54) is 0 Å². The zero-order chi connectivity index (χ0) is 11.0. The minimum absolute atomic E-state index is 0.238. The SMILES string of the molecule is OC(Cc1ncnc2ccccc12)C1CC1. The summed E-state index contributed by atoms with van der Waals surface area (Å²) in [6, 6.07) is 7.95. The van der Waals surface area contributed by atoms with Gasteiger partial charge in [-0.1, -0.05) is 18.2 Å². The van der Waals surface area contributed by atoms with E-state index in [0.29, 0.717) is 12.3 Å². The van der Waals surface area contributed by atoms with Crippen LogP contribution in [0.4, 0.5) is 0 Å². The van der Waals surface area contributed by atoms with Gasteiger partial charge in [0.1, 0.15) is 6.33 Å². The van der Waals surface area contributed by atoms with Crippen LogP contribution in [0.25, 0.3) is 10.9 Å². The lowest BCUT2D eigenvalue weighted by Gasteiger charge is -2.09. The molecule has 1 N–H and O–H groups in total. The zero-order valence-electron chi connectivity index (χ0n) is 9.00. The highest BCUT2D eigenvalue weighted by Gasteiger charge is 2.30. The molecule has 16 heavy (non-hydrogen) atoms. The van der Waals surface area contributed by atoms with Crippen molar-refractivity contribution in [1.29, 1.82) is 0 Å². The number of fused-ring (bicyclic) bond motifs is 1. The molecule has 1 aromatic heterocycles. The van der Waals surface area contributed by atoms with E-state index in [9.17, 15) is 5.11 Å². The highest BCUT2D eigenvalue weighted by molar-refractivity contribution is 5.80. The normalized spacial score (nSPS) is 17.6. The molecule has 1 aromatic carbocycles. The first-order chi connectivity index (χ1) is 7.84. The molecule has 0 saturated heterocycles. The smallest absolute Gasteiger partial charge is 0.116 e. The van der Waals surface area contributed by atoms with E-state index in [1.807, 2.05) is 24.3 Å². The molecule has 1 heterocycles. The standard InChI is InChI=1S/C13H14N2O/c16-13(9-5-6-9)7-12-10-3-1-2-4-11(10)14-8-15-12/h1-4,8-9,13,16H,5-7H2. The molecule has 1 saturated carbocycles. The molecular formula is C13H14N2O. The number of benzene rings is 1. The number of nitrogens with zero attached hydrogens (tertiary/aromatic N) is 2. The number of rotatable bonds is 3. The van der Waals surface area contributed by atoms with Gasteiger partial charge in [0.2, 0.25) is 0 Å². The first kappa shape index (κ1) is 9.73. The summed E-state index contributed by atoms with van der Waals surface area (Å²) in [5.74, 6) is 0.494. The van der Waals surface area contributed by atoms with Crippen molar-refractivity contribution in [2.45, 2.75) is 25.4 Å². The molecule has 1 unspecified atom stereocenters. The molecule has 1 fully saturated rings. The van der Waals surface area contributed by atoms with E-state index in [2.05, 4.69) is 9.97 Å². The molecule has 0 aliphatic heterocycles. The number of aliphatic hydroxyl groups excluding tert-OH is 1. The number of hydrogen-bond donors (Lipinski definition) is 1. The van der Waals surface area contributed by atoms with Gasteiger partial charge in [-0.3, -0.25) is 0 Å². The van der Waals surface area contributed by atoms with Crippen molar-refractivity contribution in [2.75, 3.05) is 0 Å². The van der Waals surface area contributed by atoms with Gasteiger partial charge in [-0.15, -0.1) is 0 Å². The van der Waals surface area contributed by atoms with Crippen molar-refractivity contribution < 1.29 is 5.11 Å². The van der Waals surface area contributed by atoms with Crippen LogP contribution in [0.15, 0.2) is 30.6 Å². The monoisotopic (exact) mass is 214 g/mol. The van der Waals surface area contributed by atoms with Crippen LogP contribution in [-0.2, 0) is 6.42 Å². The van der Waals surface area contributed by atoms with Crippen molar-refractivity contribution in [1.82, 2.24) is 9.97 Å². The van der Waals surface area contributed by atoms with Gasteiger partial charge < -0.3 is 5.11 Å². The van der Waals surface area contributed by atoms with E-state index in [1.54, 1.807) is 6.33 Å². The Labute approximate surface area is 94.2 Å². The molecule has 2 aromatic rings. The van der Waals surface area contributed by atoms with Crippen molar-refractivity contribution in [3.63, 3.8) is 0 Å². The Morgan fingerprint density at radius 3 is 2.88 bits per heavy atom. The van der Waals surface area contributed by atoms with Gasteiger partial charge in [-0.25, -0.2) is 9.97 Å². The molecule has 0 radical (unpaired) electrons. The Hall–Kier alpha value is -1.48. The molecule has 1 aliphatic carbocycles. The Morgan fingerprint density at radius 1 is 1.25 bits per heavy atom. The van der Waals surface area contributed by atoms with E-state index >= 15 is 0 Å². The summed E-state index contributed by atoms with van der Waals surface area (Å²) in [5, 5.41) is 11.0. The quantitative estimate of drug-likeness (QED) is 0.849. The highest BCUT2D eigenvalue weighted by Crippen LogP contribution is 2.34. The maximum absolute atomic E-state index is 9.94. The first-order valence-electron chi connectivity index (χ1n) is 5.71. The van der Waals surface area contributed by atoms with Crippen LogP contribution in [-0.4, -0.2) is 21.2 Å². The van der Waals surface area contributed by atoms with Crippen molar-refractivity contribution in [2.24, 2.45) is 5.92 Å². The van der Waals surface area contributed by atoms with E-state index in [4.69, 9.17) is 0 Å². The highest BCUT2D eigenvalue weighted by atomic mass is 16.3. The summed E-state index contributed by atoms with van der Waals surface area (Å²) in [6.45, 7) is 0. The summed E-state index contributed by atoms with van der Waals surface area (Å²) in [6.07, 6.45) is 4.30. The maximum atomic E-state index is 9.94. The van der Waals surface area contributed by atoms with Crippen LogP contribution in [0.3, 0.4) is 0 Å². The van der Waals surface area contributed by atoms with Gasteiger partial charge in [0.25, 0.3) is 0 Å². The average Bonchev–Trinajstić information content (AvgIpc) is 3.13. The van der Waals surface area contributed by atoms with Gasteiger partial charge in [0.15, 0.2) is 0 Å². The fraction of sp³-hybridized carbons (Fsp3) is 0.385. The van der Waals surface area contributed by atoms with E-state index in [-0.39, 0.29) is 6.10 Å². The second kappa shape index (κ2) is 3.83. The fourth-order valence-corrected chi connectivity index (χ4v) is 2.07. The van der Waals surface area contributed by atoms with Crippen molar-refractivity contribution in [3.05, 3.63) is 36.3 Å². The second-order valence-electron chi connectivity index (χ2n) is 4.45. The first-order valence-corrected chi connectivity index (χ1v) is 5.71. The predicted molar refractivity (Wildman–Crippen MR) is 62.0 cm³/mol. The lowest BCUT2D eigenvalue weighted by Crippen LogP contribution is -2.14. The van der Waals surface area contributed by atoms with Gasteiger partial charge in [0, 0.05) is 11.8 Å². The van der Waals surface area contributed by atoms with Gasteiger partial charge in [-0.2, -0.15) is 0 Å². The van der Waals surface area contributed by atoms with E-state index in [0.717, 1.165) is 29.4 Å². The zero-order valence-corrected chi connectivity index (χ0v) is 9.00. The minimum Gasteiger partial charge on any atom is -0.392 e. The molecule has 3 heteroatoms. The van der Waals surface area contributed by atoms with Crippen LogP contribution >= 0.6 is 0 Å². The Bertz CT molecular complexity index is 503. The van der Waals surface area contributed by atoms with Crippen molar-refractivity contribution >= 4 is 10.9 Å². The average molecular weight is 214 g/mol. The fourth-order valence-electron chi connectivity index (χ4n) is 2.07. The largest absolute Gasteiger partial charge is 0.392 e. The second-order valence-corrected chi connectivity index (χ2v) is 4.45. The van der Waals surface area contributed by atoms with Gasteiger partial charge >= 0.3 is 0 Å².